The molecule has 0 heterocycles. The number of rotatable bonds is 5. The number of aliphatic hydroxyl groups excluding tert-OH is 1. The summed E-state index contributed by atoms with van der Waals surface area (Å²) in [6, 6.07) is 1.21. The van der Waals surface area contributed by atoms with Gasteiger partial charge < -0.3 is 10.4 Å². The van der Waals surface area contributed by atoms with E-state index in [0.717, 1.165) is 18.8 Å². The zero-order valence-corrected chi connectivity index (χ0v) is 10.7. The van der Waals surface area contributed by atoms with Crippen molar-refractivity contribution in [2.75, 3.05) is 6.61 Å². The quantitative estimate of drug-likeness (QED) is 0.735. The summed E-state index contributed by atoms with van der Waals surface area (Å²) in [4.78, 5) is 0. The van der Waals surface area contributed by atoms with Crippen molar-refractivity contribution in [1.29, 1.82) is 0 Å². The molecule has 1 aliphatic carbocycles. The second kappa shape index (κ2) is 5.31. The van der Waals surface area contributed by atoms with Crippen LogP contribution >= 0.6 is 0 Å². The molecule has 15 heavy (non-hydrogen) atoms. The van der Waals surface area contributed by atoms with E-state index in [2.05, 4.69) is 33.0 Å². The Balaban J connectivity index is 2.32. The first-order valence-corrected chi connectivity index (χ1v) is 6.31. The Morgan fingerprint density at radius 1 is 1.40 bits per heavy atom. The molecule has 0 aromatic heterocycles. The average Bonchev–Trinajstić information content (AvgIpc) is 2.36. The predicted octanol–water partition coefficient (Wildman–Crippen LogP) is 2.56. The van der Waals surface area contributed by atoms with Crippen LogP contribution in [-0.2, 0) is 0 Å². The van der Waals surface area contributed by atoms with E-state index < -0.39 is 0 Å². The van der Waals surface area contributed by atoms with Crippen LogP contribution in [0.1, 0.15) is 53.4 Å². The lowest BCUT2D eigenvalue weighted by molar-refractivity contribution is 0.269. The van der Waals surface area contributed by atoms with Gasteiger partial charge in [-0.15, -0.1) is 0 Å². The van der Waals surface area contributed by atoms with Crippen molar-refractivity contribution in [1.82, 2.24) is 5.32 Å². The highest BCUT2D eigenvalue weighted by atomic mass is 16.2. The van der Waals surface area contributed by atoms with E-state index in [-0.39, 0.29) is 0 Å². The first-order chi connectivity index (χ1) is 6.94. The lowest BCUT2D eigenvalue weighted by Crippen LogP contribution is -2.38. The molecule has 1 aliphatic rings. The Morgan fingerprint density at radius 3 is 2.53 bits per heavy atom. The third-order valence-corrected chi connectivity index (χ3v) is 3.63. The summed E-state index contributed by atoms with van der Waals surface area (Å²) in [5.41, 5.74) is 0.508. The molecule has 3 atom stereocenters. The Hall–Kier alpha value is -0.0800. The van der Waals surface area contributed by atoms with Crippen molar-refractivity contribution in [3.8, 4) is 0 Å². The summed E-state index contributed by atoms with van der Waals surface area (Å²) in [6.07, 6.45) is 4.62. The summed E-state index contributed by atoms with van der Waals surface area (Å²) in [6.45, 7) is 9.63. The summed E-state index contributed by atoms with van der Waals surface area (Å²) >= 11 is 0. The summed E-state index contributed by atoms with van der Waals surface area (Å²) in [5.74, 6) is 0.788. The monoisotopic (exact) mass is 213 g/mol. The van der Waals surface area contributed by atoms with Crippen molar-refractivity contribution < 1.29 is 5.11 Å². The molecule has 0 amide bonds. The van der Waals surface area contributed by atoms with Crippen molar-refractivity contribution in [3.63, 3.8) is 0 Å². The molecule has 0 bridgehead atoms. The molecule has 2 nitrogen and oxygen atoms in total. The third-order valence-electron chi connectivity index (χ3n) is 3.63. The molecule has 0 saturated heterocycles. The minimum absolute atomic E-state index is 0.317. The predicted molar refractivity (Wildman–Crippen MR) is 64.9 cm³/mol. The number of nitrogens with one attached hydrogen (secondary N) is 1. The van der Waals surface area contributed by atoms with E-state index in [0.29, 0.717) is 24.1 Å². The Morgan fingerprint density at radius 2 is 2.07 bits per heavy atom. The van der Waals surface area contributed by atoms with Crippen molar-refractivity contribution in [2.24, 2.45) is 11.3 Å². The first kappa shape index (κ1) is 13.0. The molecular weight excluding hydrogens is 186 g/mol. The van der Waals surface area contributed by atoms with Gasteiger partial charge >= 0.3 is 0 Å². The fraction of sp³-hybridized carbons (Fsp3) is 1.00. The molecule has 0 aliphatic heterocycles. The second-order valence-corrected chi connectivity index (χ2v) is 6.09. The van der Waals surface area contributed by atoms with E-state index in [1.54, 1.807) is 0 Å². The van der Waals surface area contributed by atoms with E-state index in [1.807, 2.05) is 0 Å². The minimum atomic E-state index is 0.317. The van der Waals surface area contributed by atoms with Crippen LogP contribution in [0.3, 0.4) is 0 Å². The second-order valence-electron chi connectivity index (χ2n) is 6.09. The highest BCUT2D eigenvalue weighted by molar-refractivity contribution is 4.92. The van der Waals surface area contributed by atoms with E-state index in [9.17, 15) is 0 Å². The molecule has 2 heteroatoms. The molecule has 0 spiro atoms. The number of hydrogen-bond donors (Lipinski definition) is 2. The Labute approximate surface area is 94.5 Å². The maximum absolute atomic E-state index is 8.78. The van der Waals surface area contributed by atoms with Gasteiger partial charge in [-0.25, -0.2) is 0 Å². The van der Waals surface area contributed by atoms with Crippen molar-refractivity contribution in [3.05, 3.63) is 0 Å². The fourth-order valence-corrected chi connectivity index (χ4v) is 2.96. The highest BCUT2D eigenvalue weighted by Gasteiger charge is 2.36. The maximum atomic E-state index is 8.78. The van der Waals surface area contributed by atoms with E-state index in [1.165, 1.54) is 12.8 Å². The lowest BCUT2D eigenvalue weighted by Gasteiger charge is -2.23. The van der Waals surface area contributed by atoms with Crippen LogP contribution in [-0.4, -0.2) is 23.8 Å². The average molecular weight is 213 g/mol. The maximum Gasteiger partial charge on any atom is 0.0431 e. The van der Waals surface area contributed by atoms with Gasteiger partial charge in [0.15, 0.2) is 0 Å². The smallest absolute Gasteiger partial charge is 0.0431 e. The van der Waals surface area contributed by atoms with Gasteiger partial charge in [0.1, 0.15) is 0 Å². The largest absolute Gasteiger partial charge is 0.396 e. The molecule has 0 unspecified atom stereocenters. The number of aliphatic hydroxyl groups is 1. The molecule has 0 aromatic rings. The zero-order valence-electron chi connectivity index (χ0n) is 10.7. The van der Waals surface area contributed by atoms with Crippen molar-refractivity contribution >= 4 is 0 Å². The molecule has 90 valence electrons. The van der Waals surface area contributed by atoms with Crippen LogP contribution in [0.5, 0.6) is 0 Å². The number of hydrogen-bond acceptors (Lipinski definition) is 2. The molecule has 0 radical (unpaired) electrons. The van der Waals surface area contributed by atoms with Crippen molar-refractivity contribution in [2.45, 2.75) is 65.5 Å². The van der Waals surface area contributed by atoms with Crippen LogP contribution in [0.25, 0.3) is 0 Å². The van der Waals surface area contributed by atoms with Gasteiger partial charge in [0.2, 0.25) is 0 Å². The molecular formula is C13H27NO. The molecule has 1 rings (SSSR count). The van der Waals surface area contributed by atoms with Gasteiger partial charge in [-0.1, -0.05) is 20.8 Å². The molecule has 0 aromatic carbocycles. The van der Waals surface area contributed by atoms with Crippen LogP contribution < -0.4 is 5.32 Å². The van der Waals surface area contributed by atoms with Gasteiger partial charge in [0.25, 0.3) is 0 Å². The van der Waals surface area contributed by atoms with Crippen LogP contribution in [0.2, 0.25) is 0 Å². The van der Waals surface area contributed by atoms with Crippen LogP contribution in [0.4, 0.5) is 0 Å². The van der Waals surface area contributed by atoms with E-state index in [4.69, 9.17) is 5.11 Å². The van der Waals surface area contributed by atoms with Gasteiger partial charge in [-0.2, -0.15) is 0 Å². The van der Waals surface area contributed by atoms with Gasteiger partial charge in [0.05, 0.1) is 0 Å². The topological polar surface area (TPSA) is 32.3 Å². The first-order valence-electron chi connectivity index (χ1n) is 6.31. The zero-order chi connectivity index (χ0) is 11.5. The van der Waals surface area contributed by atoms with Crippen LogP contribution in [0, 0.1) is 11.3 Å². The van der Waals surface area contributed by atoms with E-state index >= 15 is 0 Å². The Kier molecular flexibility index (Phi) is 4.60. The minimum Gasteiger partial charge on any atom is -0.396 e. The molecule has 2 N–H and O–H groups in total. The van der Waals surface area contributed by atoms with Crippen LogP contribution in [0.15, 0.2) is 0 Å². The van der Waals surface area contributed by atoms with Gasteiger partial charge in [0, 0.05) is 18.7 Å². The fourth-order valence-electron chi connectivity index (χ4n) is 2.96. The summed E-state index contributed by atoms with van der Waals surface area (Å²) in [5, 5.41) is 12.5. The lowest BCUT2D eigenvalue weighted by atomic mass is 9.91. The summed E-state index contributed by atoms with van der Waals surface area (Å²) in [7, 11) is 0. The van der Waals surface area contributed by atoms with Gasteiger partial charge in [-0.3, -0.25) is 0 Å². The molecule has 1 saturated carbocycles. The normalized spacial score (nSPS) is 31.8. The third kappa shape index (κ3) is 4.12. The van der Waals surface area contributed by atoms with Gasteiger partial charge in [-0.05, 0) is 43.9 Å². The highest BCUT2D eigenvalue weighted by Crippen LogP contribution is 2.41. The SMILES string of the molecule is C[C@H](CCCO)N[C@H]1CC(C)(C)C[C@@H]1C. The summed E-state index contributed by atoms with van der Waals surface area (Å²) < 4.78 is 0. The molecule has 1 fully saturated rings. The standard InChI is InChI=1S/C13H27NO/c1-10-8-13(3,4)9-12(10)14-11(2)6-5-7-15/h10-12,14-15H,5-9H2,1-4H3/t10-,11+,12-/m0/s1. The Bertz CT molecular complexity index is 191.